The number of ether oxygens (including phenoxy) is 1. The number of aliphatic hydroxyl groups is 1. The van der Waals surface area contributed by atoms with Gasteiger partial charge in [-0.25, -0.2) is 4.79 Å². The molecular formula is C30H23ClN2O6. The molecule has 1 fully saturated rings. The van der Waals surface area contributed by atoms with Gasteiger partial charge in [-0.3, -0.25) is 24.2 Å². The molecule has 0 aliphatic carbocycles. The lowest BCUT2D eigenvalue weighted by atomic mass is 9.80. The molecule has 1 N–H and O–H groups in total. The van der Waals surface area contributed by atoms with Gasteiger partial charge in [-0.2, -0.15) is 0 Å². The Bertz CT molecular complexity index is 1560. The van der Waals surface area contributed by atoms with Gasteiger partial charge >= 0.3 is 11.9 Å². The van der Waals surface area contributed by atoms with E-state index in [0.717, 1.165) is 4.90 Å². The number of allylic oxidation sites excluding steroid dienone is 1. The van der Waals surface area contributed by atoms with Crippen LogP contribution >= 0.6 is 11.6 Å². The molecule has 2 aliphatic rings. The van der Waals surface area contributed by atoms with Gasteiger partial charge in [0.25, 0.3) is 11.7 Å². The molecule has 0 saturated carbocycles. The van der Waals surface area contributed by atoms with Crippen LogP contribution in [0.4, 0.5) is 11.4 Å². The topological polar surface area (TPSA) is 104 Å². The molecular weight excluding hydrogens is 520 g/mol. The third-order valence-electron chi connectivity index (χ3n) is 6.76. The molecule has 2 amide bonds. The largest absolute Gasteiger partial charge is 0.507 e. The number of Topliss-reactive ketones (excluding diaryl/α,β-unsaturated/α-hetero) is 1. The van der Waals surface area contributed by atoms with Crippen molar-refractivity contribution < 1.29 is 29.0 Å². The quantitative estimate of drug-likeness (QED) is 0.214. The molecule has 39 heavy (non-hydrogen) atoms. The molecule has 3 aromatic rings. The van der Waals surface area contributed by atoms with Crippen LogP contribution in [0.2, 0.25) is 5.02 Å². The highest BCUT2D eigenvalue weighted by molar-refractivity contribution is 6.56. The van der Waals surface area contributed by atoms with Gasteiger partial charge in [0.2, 0.25) is 0 Å². The first-order valence-corrected chi connectivity index (χ1v) is 12.5. The highest BCUT2D eigenvalue weighted by Gasteiger charge is 2.70. The van der Waals surface area contributed by atoms with Crippen LogP contribution in [0.15, 0.2) is 102 Å². The number of esters is 1. The number of carbonyl (C=O) groups is 4. The summed E-state index contributed by atoms with van der Waals surface area (Å²) in [6.45, 7) is 3.11. The van der Waals surface area contributed by atoms with Crippen LogP contribution < -0.4 is 9.80 Å². The fourth-order valence-electron chi connectivity index (χ4n) is 5.18. The predicted molar refractivity (Wildman–Crippen MR) is 146 cm³/mol. The van der Waals surface area contributed by atoms with Crippen molar-refractivity contribution in [1.82, 2.24) is 0 Å². The van der Waals surface area contributed by atoms with Crippen LogP contribution in [0.25, 0.3) is 5.76 Å². The molecule has 196 valence electrons. The molecule has 1 saturated heterocycles. The third kappa shape index (κ3) is 3.83. The average Bonchev–Trinajstić information content (AvgIpc) is 3.30. The Balaban J connectivity index is 1.92. The third-order valence-corrected chi connectivity index (χ3v) is 7.01. The Morgan fingerprint density at radius 3 is 2.08 bits per heavy atom. The fourth-order valence-corrected chi connectivity index (χ4v) is 5.30. The lowest BCUT2D eigenvalue weighted by Crippen LogP contribution is -2.57. The van der Waals surface area contributed by atoms with Gasteiger partial charge < -0.3 is 9.84 Å². The Labute approximate surface area is 229 Å². The van der Waals surface area contributed by atoms with Gasteiger partial charge in [-0.1, -0.05) is 60.1 Å². The summed E-state index contributed by atoms with van der Waals surface area (Å²) in [5.74, 6) is -4.50. The highest BCUT2D eigenvalue weighted by atomic mass is 35.5. The number of halogens is 1. The molecule has 8 nitrogen and oxygen atoms in total. The maximum atomic E-state index is 14.7. The zero-order valence-corrected chi connectivity index (χ0v) is 21.8. The SMILES string of the molecule is CCOC(=O)C1=C(C)N(c2ccccc2)C(=O)C12/C(=C(\O)c1ccccc1)C(=O)C(=O)N2c1ccc(Cl)cc1. The van der Waals surface area contributed by atoms with Gasteiger partial charge in [0.05, 0.1) is 17.8 Å². The maximum Gasteiger partial charge on any atom is 0.339 e. The summed E-state index contributed by atoms with van der Waals surface area (Å²) in [6.07, 6.45) is 0. The van der Waals surface area contributed by atoms with Crippen molar-refractivity contribution in [1.29, 1.82) is 0 Å². The number of nitrogens with zero attached hydrogens (tertiary/aromatic N) is 2. The molecule has 2 aliphatic heterocycles. The van der Waals surface area contributed by atoms with Crippen LogP contribution in [0.5, 0.6) is 0 Å². The summed E-state index contributed by atoms with van der Waals surface area (Å²) < 4.78 is 5.37. The van der Waals surface area contributed by atoms with Crippen molar-refractivity contribution in [2.24, 2.45) is 0 Å². The second-order valence-electron chi connectivity index (χ2n) is 8.90. The molecule has 0 radical (unpaired) electrons. The zero-order chi connectivity index (χ0) is 27.9. The minimum absolute atomic E-state index is 0.0300. The van der Waals surface area contributed by atoms with E-state index in [-0.39, 0.29) is 29.1 Å². The van der Waals surface area contributed by atoms with Gasteiger partial charge in [0.1, 0.15) is 5.76 Å². The summed E-state index contributed by atoms with van der Waals surface area (Å²) in [6, 6.07) is 22.5. The van der Waals surface area contributed by atoms with E-state index < -0.39 is 40.4 Å². The summed E-state index contributed by atoms with van der Waals surface area (Å²) in [5, 5.41) is 11.9. The van der Waals surface area contributed by atoms with Gasteiger partial charge in [0, 0.05) is 27.7 Å². The number of hydrogen-bond donors (Lipinski definition) is 1. The van der Waals surface area contributed by atoms with E-state index in [1.54, 1.807) is 55.5 Å². The van der Waals surface area contributed by atoms with E-state index in [1.807, 2.05) is 0 Å². The molecule has 1 spiro atoms. The molecule has 0 aromatic heterocycles. The Morgan fingerprint density at radius 1 is 0.897 bits per heavy atom. The summed E-state index contributed by atoms with van der Waals surface area (Å²) in [5.41, 5.74) is -2.24. The predicted octanol–water partition coefficient (Wildman–Crippen LogP) is 4.85. The number of anilines is 2. The van der Waals surface area contributed by atoms with Crippen LogP contribution in [0, 0.1) is 0 Å². The van der Waals surface area contributed by atoms with E-state index in [2.05, 4.69) is 0 Å². The van der Waals surface area contributed by atoms with Crippen LogP contribution in [0.3, 0.4) is 0 Å². The van der Waals surface area contributed by atoms with Gasteiger partial charge in [-0.15, -0.1) is 0 Å². The van der Waals surface area contributed by atoms with Gasteiger partial charge in [0.15, 0.2) is 5.54 Å². The molecule has 0 bridgehead atoms. The number of rotatable bonds is 5. The van der Waals surface area contributed by atoms with Crippen molar-refractivity contribution in [3.63, 3.8) is 0 Å². The van der Waals surface area contributed by atoms with E-state index >= 15 is 0 Å². The molecule has 2 heterocycles. The van der Waals surface area contributed by atoms with Crippen LogP contribution in [-0.2, 0) is 23.9 Å². The van der Waals surface area contributed by atoms with Crippen molar-refractivity contribution in [2.45, 2.75) is 19.4 Å². The lowest BCUT2D eigenvalue weighted by molar-refractivity contribution is -0.140. The zero-order valence-electron chi connectivity index (χ0n) is 21.1. The maximum absolute atomic E-state index is 14.7. The first-order valence-electron chi connectivity index (χ1n) is 12.2. The number of para-hydroxylation sites is 1. The smallest absolute Gasteiger partial charge is 0.339 e. The van der Waals surface area contributed by atoms with E-state index in [4.69, 9.17) is 16.3 Å². The standard InChI is InChI=1S/C30H23ClN2O6/c1-3-39-28(37)23-18(2)32(21-12-8-5-9-13-21)29(38)30(23)24(25(34)19-10-6-4-7-11-19)26(35)27(36)33(30)22-16-14-20(31)15-17-22/h4-17,34H,3H2,1-2H3/b25-24-. The average molecular weight is 543 g/mol. The normalized spacial score (nSPS) is 20.3. The van der Waals surface area contributed by atoms with E-state index in [0.29, 0.717) is 10.7 Å². The minimum Gasteiger partial charge on any atom is -0.507 e. The second-order valence-corrected chi connectivity index (χ2v) is 9.34. The monoisotopic (exact) mass is 542 g/mol. The molecule has 5 rings (SSSR count). The van der Waals surface area contributed by atoms with Crippen molar-refractivity contribution >= 4 is 52.3 Å². The van der Waals surface area contributed by atoms with Crippen LogP contribution in [-0.4, -0.2) is 40.8 Å². The van der Waals surface area contributed by atoms with Gasteiger partial charge in [-0.05, 0) is 50.2 Å². The van der Waals surface area contributed by atoms with Crippen molar-refractivity contribution in [3.8, 4) is 0 Å². The Morgan fingerprint density at radius 2 is 1.49 bits per heavy atom. The van der Waals surface area contributed by atoms with Crippen molar-refractivity contribution in [3.05, 3.63) is 112 Å². The number of carbonyl (C=O) groups excluding carboxylic acids is 4. The number of amides is 2. The number of benzene rings is 3. The summed E-state index contributed by atoms with van der Waals surface area (Å²) >= 11 is 6.09. The fraction of sp³-hybridized carbons (Fsp3) is 0.133. The Hall–Kier alpha value is -4.69. The second kappa shape index (κ2) is 9.89. The van der Waals surface area contributed by atoms with E-state index in [1.165, 1.54) is 48.2 Å². The highest BCUT2D eigenvalue weighted by Crippen LogP contribution is 2.52. The first kappa shape index (κ1) is 25.9. The molecule has 1 unspecified atom stereocenters. The molecule has 3 aromatic carbocycles. The molecule has 9 heteroatoms. The van der Waals surface area contributed by atoms with Crippen molar-refractivity contribution in [2.75, 3.05) is 16.4 Å². The molecule has 1 atom stereocenters. The first-order chi connectivity index (χ1) is 18.7. The lowest BCUT2D eigenvalue weighted by Gasteiger charge is -2.35. The number of aliphatic hydroxyl groups excluding tert-OH is 1. The minimum atomic E-state index is -2.35. The number of ketones is 1. The van der Waals surface area contributed by atoms with E-state index in [9.17, 15) is 24.3 Å². The summed E-state index contributed by atoms with van der Waals surface area (Å²) in [7, 11) is 0. The summed E-state index contributed by atoms with van der Waals surface area (Å²) in [4.78, 5) is 58.1. The van der Waals surface area contributed by atoms with Crippen LogP contribution in [0.1, 0.15) is 19.4 Å². The Kier molecular flexibility index (Phi) is 6.57. The number of hydrogen-bond acceptors (Lipinski definition) is 6.